The molecule has 0 saturated carbocycles. The Balaban J connectivity index is 1.90. The lowest BCUT2D eigenvalue weighted by Gasteiger charge is -2.16. The van der Waals surface area contributed by atoms with Crippen molar-refractivity contribution in [3.8, 4) is 0 Å². The minimum Gasteiger partial charge on any atom is -0.469 e. The van der Waals surface area contributed by atoms with Crippen LogP contribution in [0.15, 0.2) is 46.7 Å². The van der Waals surface area contributed by atoms with Crippen molar-refractivity contribution in [1.29, 1.82) is 0 Å². The van der Waals surface area contributed by atoms with Gasteiger partial charge in [0.05, 0.1) is 24.5 Å². The standard InChI is InChI=1S/C18H22N2O5S2/c1-13-5-7-14(8-6-13)27(23,24)19-10-9-17(21)20-15(12-18(22)25-2)16-4-3-11-26-16/h3-8,11,15,19H,9-10,12H2,1-2H3,(H,20,21). The highest BCUT2D eigenvalue weighted by Gasteiger charge is 2.20. The predicted octanol–water partition coefficient (Wildman–Crippen LogP) is 2.15. The first-order valence-electron chi connectivity index (χ1n) is 8.27. The molecule has 2 aromatic rings. The van der Waals surface area contributed by atoms with Gasteiger partial charge in [-0.3, -0.25) is 9.59 Å². The Labute approximate surface area is 162 Å². The maximum absolute atomic E-state index is 12.2. The van der Waals surface area contributed by atoms with Crippen molar-refractivity contribution < 1.29 is 22.7 Å². The zero-order valence-corrected chi connectivity index (χ0v) is 16.7. The molecule has 0 bridgehead atoms. The largest absolute Gasteiger partial charge is 0.469 e. The normalized spacial score (nSPS) is 12.4. The van der Waals surface area contributed by atoms with Gasteiger partial charge in [-0.1, -0.05) is 23.8 Å². The Morgan fingerprint density at radius 3 is 2.48 bits per heavy atom. The molecule has 0 aliphatic carbocycles. The summed E-state index contributed by atoms with van der Waals surface area (Å²) in [4.78, 5) is 24.7. The van der Waals surface area contributed by atoms with Gasteiger partial charge in [-0.15, -0.1) is 11.3 Å². The van der Waals surface area contributed by atoms with Crippen molar-refractivity contribution in [2.45, 2.75) is 30.7 Å². The second-order valence-electron chi connectivity index (χ2n) is 5.88. The molecule has 0 aliphatic rings. The van der Waals surface area contributed by atoms with Crippen LogP contribution in [0.5, 0.6) is 0 Å². The number of hydrogen-bond donors (Lipinski definition) is 2. The first-order valence-corrected chi connectivity index (χ1v) is 10.6. The fraction of sp³-hybridized carbons (Fsp3) is 0.333. The predicted molar refractivity (Wildman–Crippen MR) is 103 cm³/mol. The van der Waals surface area contributed by atoms with Crippen LogP contribution in [0.1, 0.15) is 29.3 Å². The van der Waals surface area contributed by atoms with Gasteiger partial charge in [0.1, 0.15) is 0 Å². The summed E-state index contributed by atoms with van der Waals surface area (Å²) < 4.78 is 31.5. The number of ether oxygens (including phenoxy) is 1. The van der Waals surface area contributed by atoms with Gasteiger partial charge in [0.2, 0.25) is 15.9 Å². The van der Waals surface area contributed by atoms with Gasteiger partial charge in [-0.25, -0.2) is 13.1 Å². The number of carbonyl (C=O) groups is 2. The number of thiophene rings is 1. The van der Waals surface area contributed by atoms with Gasteiger partial charge in [0.15, 0.2) is 0 Å². The number of nitrogens with one attached hydrogen (secondary N) is 2. The molecule has 2 rings (SSSR count). The molecule has 0 spiro atoms. The van der Waals surface area contributed by atoms with E-state index in [4.69, 9.17) is 0 Å². The second kappa shape index (κ2) is 9.63. The van der Waals surface area contributed by atoms with E-state index >= 15 is 0 Å². The average Bonchev–Trinajstić information content (AvgIpc) is 3.16. The smallest absolute Gasteiger partial charge is 0.307 e. The topological polar surface area (TPSA) is 102 Å². The quantitative estimate of drug-likeness (QED) is 0.617. The monoisotopic (exact) mass is 410 g/mol. The molecule has 146 valence electrons. The zero-order chi connectivity index (χ0) is 19.9. The van der Waals surface area contributed by atoms with E-state index in [9.17, 15) is 18.0 Å². The second-order valence-corrected chi connectivity index (χ2v) is 8.62. The summed E-state index contributed by atoms with van der Waals surface area (Å²) in [5.74, 6) is -0.794. The molecule has 0 aliphatic heterocycles. The van der Waals surface area contributed by atoms with Crippen LogP contribution >= 0.6 is 11.3 Å². The number of amides is 1. The summed E-state index contributed by atoms with van der Waals surface area (Å²) in [6, 6.07) is 9.59. The molecule has 1 aromatic heterocycles. The molecule has 1 aromatic carbocycles. The number of sulfonamides is 1. The number of aryl methyl sites for hydroxylation is 1. The van der Waals surface area contributed by atoms with Crippen molar-refractivity contribution in [3.05, 3.63) is 52.2 Å². The third-order valence-electron chi connectivity index (χ3n) is 3.80. The summed E-state index contributed by atoms with van der Waals surface area (Å²) in [6.45, 7) is 1.82. The Morgan fingerprint density at radius 2 is 1.89 bits per heavy atom. The van der Waals surface area contributed by atoms with Gasteiger partial charge in [0, 0.05) is 17.8 Å². The van der Waals surface area contributed by atoms with E-state index in [0.717, 1.165) is 10.4 Å². The number of methoxy groups -OCH3 is 1. The van der Waals surface area contributed by atoms with E-state index in [1.54, 1.807) is 12.1 Å². The highest BCUT2D eigenvalue weighted by atomic mass is 32.2. The molecule has 0 fully saturated rings. The number of hydrogen-bond acceptors (Lipinski definition) is 6. The van der Waals surface area contributed by atoms with Crippen molar-refractivity contribution in [2.24, 2.45) is 0 Å². The van der Waals surface area contributed by atoms with Crippen LogP contribution in [0.4, 0.5) is 0 Å². The zero-order valence-electron chi connectivity index (χ0n) is 15.1. The highest BCUT2D eigenvalue weighted by Crippen LogP contribution is 2.22. The molecule has 9 heteroatoms. The number of rotatable bonds is 9. The van der Waals surface area contributed by atoms with Crippen LogP contribution in [0.25, 0.3) is 0 Å². The van der Waals surface area contributed by atoms with Crippen LogP contribution in [0.2, 0.25) is 0 Å². The van der Waals surface area contributed by atoms with Crippen molar-refractivity contribution >= 4 is 33.2 Å². The van der Waals surface area contributed by atoms with Crippen LogP contribution in [-0.2, 0) is 24.3 Å². The number of carbonyl (C=O) groups excluding carboxylic acids is 2. The van der Waals surface area contributed by atoms with Gasteiger partial charge < -0.3 is 10.1 Å². The molecule has 0 radical (unpaired) electrons. The van der Waals surface area contributed by atoms with Crippen LogP contribution in [0.3, 0.4) is 0 Å². The van der Waals surface area contributed by atoms with Crippen molar-refractivity contribution in [3.63, 3.8) is 0 Å². The minimum absolute atomic E-state index is 0.0118. The molecule has 1 amide bonds. The maximum Gasteiger partial charge on any atom is 0.307 e. The Hall–Kier alpha value is -2.23. The van der Waals surface area contributed by atoms with Crippen molar-refractivity contribution in [1.82, 2.24) is 10.0 Å². The average molecular weight is 411 g/mol. The van der Waals surface area contributed by atoms with Crippen LogP contribution in [-0.4, -0.2) is 33.9 Å². The lowest BCUT2D eigenvalue weighted by molar-refractivity contribution is -0.141. The Kier molecular flexibility index (Phi) is 7.52. The summed E-state index contributed by atoms with van der Waals surface area (Å²) >= 11 is 1.42. The molecule has 27 heavy (non-hydrogen) atoms. The fourth-order valence-corrected chi connectivity index (χ4v) is 4.14. The molecule has 1 unspecified atom stereocenters. The third-order valence-corrected chi connectivity index (χ3v) is 6.26. The first kappa shape index (κ1) is 21.1. The Bertz CT molecular complexity index is 862. The minimum atomic E-state index is -3.67. The van der Waals surface area contributed by atoms with E-state index in [1.165, 1.54) is 30.6 Å². The third kappa shape index (κ3) is 6.46. The molecule has 0 saturated heterocycles. The lowest BCUT2D eigenvalue weighted by Crippen LogP contribution is -2.33. The van der Waals surface area contributed by atoms with Gasteiger partial charge in [-0.2, -0.15) is 0 Å². The Morgan fingerprint density at radius 1 is 1.19 bits per heavy atom. The van der Waals surface area contributed by atoms with Crippen molar-refractivity contribution in [2.75, 3.05) is 13.7 Å². The lowest BCUT2D eigenvalue weighted by atomic mass is 10.1. The van der Waals surface area contributed by atoms with E-state index < -0.39 is 22.0 Å². The van der Waals surface area contributed by atoms with E-state index in [-0.39, 0.29) is 30.2 Å². The SMILES string of the molecule is COC(=O)CC(NC(=O)CCNS(=O)(=O)c1ccc(C)cc1)c1cccs1. The molecule has 2 N–H and O–H groups in total. The summed E-state index contributed by atoms with van der Waals surface area (Å²) in [5, 5.41) is 4.60. The molecule has 1 heterocycles. The van der Waals surface area contributed by atoms with Gasteiger partial charge in [0.25, 0.3) is 0 Å². The van der Waals surface area contributed by atoms with Crippen LogP contribution < -0.4 is 10.0 Å². The number of esters is 1. The fourth-order valence-electron chi connectivity index (χ4n) is 2.33. The van der Waals surface area contributed by atoms with Gasteiger partial charge in [-0.05, 0) is 30.5 Å². The summed E-state index contributed by atoms with van der Waals surface area (Å²) in [6.07, 6.45) is -0.0357. The molecule has 1 atom stereocenters. The molecule has 7 nitrogen and oxygen atoms in total. The van der Waals surface area contributed by atoms with E-state index in [1.807, 2.05) is 24.4 Å². The number of benzene rings is 1. The molecular formula is C18H22N2O5S2. The van der Waals surface area contributed by atoms with E-state index in [0.29, 0.717) is 0 Å². The van der Waals surface area contributed by atoms with Gasteiger partial charge >= 0.3 is 5.97 Å². The summed E-state index contributed by atoms with van der Waals surface area (Å²) in [5.41, 5.74) is 0.957. The maximum atomic E-state index is 12.2. The summed E-state index contributed by atoms with van der Waals surface area (Å²) in [7, 11) is -2.38. The van der Waals surface area contributed by atoms with Crippen LogP contribution in [0, 0.1) is 6.92 Å². The highest BCUT2D eigenvalue weighted by molar-refractivity contribution is 7.89. The molecular weight excluding hydrogens is 388 g/mol. The van der Waals surface area contributed by atoms with E-state index in [2.05, 4.69) is 14.8 Å². The first-order chi connectivity index (χ1) is 12.8.